The van der Waals surface area contributed by atoms with E-state index in [0.717, 1.165) is 6.08 Å². The van der Waals surface area contributed by atoms with Crippen LogP contribution < -0.4 is 0 Å². The highest BCUT2D eigenvalue weighted by molar-refractivity contribution is 5.78. The molecule has 0 aliphatic heterocycles. The Morgan fingerprint density at radius 2 is 1.64 bits per heavy atom. The fourth-order valence-corrected chi connectivity index (χ4v) is 3.10. The van der Waals surface area contributed by atoms with Crippen LogP contribution in [0.4, 0.5) is 17.6 Å². The highest BCUT2D eigenvalue weighted by Crippen LogP contribution is 2.59. The van der Waals surface area contributed by atoms with Crippen molar-refractivity contribution >= 4 is 5.97 Å². The van der Waals surface area contributed by atoms with Crippen LogP contribution in [0.2, 0.25) is 0 Å². The second-order valence-corrected chi connectivity index (χ2v) is 6.66. The number of carbonyl (C=O) groups is 1. The Balaban J connectivity index is 2.19. The van der Waals surface area contributed by atoms with Gasteiger partial charge < -0.3 is 4.74 Å². The fourth-order valence-electron chi connectivity index (χ4n) is 3.10. The molecule has 1 aliphatic carbocycles. The molecule has 2 nitrogen and oxygen atoms in total. The smallest absolute Gasteiger partial charge is 0.310 e. The Morgan fingerprint density at radius 1 is 1.12 bits per heavy atom. The normalized spacial score (nSPS) is 21.4. The predicted octanol–water partition coefficient (Wildman–Crippen LogP) is 4.86. The van der Waals surface area contributed by atoms with Gasteiger partial charge in [0.15, 0.2) is 23.3 Å². The summed E-state index contributed by atoms with van der Waals surface area (Å²) in [5, 5.41) is 0. The lowest BCUT2D eigenvalue weighted by Gasteiger charge is -2.12. The maximum Gasteiger partial charge on any atom is 0.310 e. The minimum atomic E-state index is -1.55. The molecule has 6 heteroatoms. The van der Waals surface area contributed by atoms with Crippen LogP contribution in [-0.2, 0) is 22.6 Å². The molecule has 0 N–H and O–H groups in total. The number of hydrogen-bond acceptors (Lipinski definition) is 2. The number of benzene rings is 1. The number of carbonyl (C=O) groups excluding carboxylic acids is 1. The lowest BCUT2D eigenvalue weighted by Crippen LogP contribution is -2.14. The van der Waals surface area contributed by atoms with Gasteiger partial charge in [-0.15, -0.1) is 6.58 Å². The molecule has 0 amide bonds. The Morgan fingerprint density at radius 3 is 2.12 bits per heavy atom. The molecule has 0 heterocycles. The zero-order valence-electron chi connectivity index (χ0n) is 14.3. The minimum absolute atomic E-state index is 0.0388. The Bertz CT molecular complexity index is 708. The third kappa shape index (κ3) is 3.34. The van der Waals surface area contributed by atoms with E-state index in [1.165, 1.54) is 0 Å². The summed E-state index contributed by atoms with van der Waals surface area (Å²) in [6.07, 6.45) is 4.45. The minimum Gasteiger partial charge on any atom is -0.460 e. The van der Waals surface area contributed by atoms with Crippen molar-refractivity contribution in [3.05, 3.63) is 59.2 Å². The molecule has 2 atom stereocenters. The van der Waals surface area contributed by atoms with Gasteiger partial charge in [0.2, 0.25) is 0 Å². The SMILES string of the molecule is C=CCc1c(F)c(F)c(COC(=O)[C@@H]2[C@@H](/C=C\C)C2(C)C)c(F)c1F. The number of hydrogen-bond donors (Lipinski definition) is 0. The topological polar surface area (TPSA) is 26.3 Å². The van der Waals surface area contributed by atoms with Crippen LogP contribution in [0, 0.1) is 40.5 Å². The van der Waals surface area contributed by atoms with Gasteiger partial charge in [-0.05, 0) is 24.7 Å². The summed E-state index contributed by atoms with van der Waals surface area (Å²) in [6, 6.07) is 0. The van der Waals surface area contributed by atoms with Crippen LogP contribution >= 0.6 is 0 Å². The van der Waals surface area contributed by atoms with Crippen molar-refractivity contribution in [1.82, 2.24) is 0 Å². The number of esters is 1. The van der Waals surface area contributed by atoms with Gasteiger partial charge >= 0.3 is 5.97 Å². The molecule has 25 heavy (non-hydrogen) atoms. The third-order valence-corrected chi connectivity index (χ3v) is 4.72. The molecule has 0 saturated heterocycles. The zero-order chi connectivity index (χ0) is 18.9. The van der Waals surface area contributed by atoms with Gasteiger partial charge in [-0.2, -0.15) is 0 Å². The van der Waals surface area contributed by atoms with E-state index < -0.39 is 52.9 Å². The standard InChI is InChI=1S/C19H20F4O2/c1-5-7-10-14(20)16(22)11(17(23)15(10)21)9-25-18(24)13-12(8-6-2)19(13,3)4/h5-6,8,12-13H,1,7,9H2,2-4H3/b8-6-/t12-,13+/m1/s1. The third-order valence-electron chi connectivity index (χ3n) is 4.72. The molecule has 0 unspecified atom stereocenters. The van der Waals surface area contributed by atoms with Crippen LogP contribution in [0.25, 0.3) is 0 Å². The van der Waals surface area contributed by atoms with E-state index in [1.54, 1.807) is 0 Å². The molecule has 0 radical (unpaired) electrons. The van der Waals surface area contributed by atoms with Crippen LogP contribution in [0.5, 0.6) is 0 Å². The monoisotopic (exact) mass is 356 g/mol. The first-order chi connectivity index (χ1) is 11.7. The summed E-state index contributed by atoms with van der Waals surface area (Å²) in [6.45, 7) is 7.98. The van der Waals surface area contributed by atoms with Crippen molar-refractivity contribution in [1.29, 1.82) is 0 Å². The Hall–Kier alpha value is -2.11. The molecular formula is C19H20F4O2. The van der Waals surface area contributed by atoms with Crippen LogP contribution in [0.15, 0.2) is 24.8 Å². The zero-order valence-corrected chi connectivity index (χ0v) is 14.3. The van der Waals surface area contributed by atoms with Crippen molar-refractivity contribution < 1.29 is 27.1 Å². The van der Waals surface area contributed by atoms with E-state index in [1.807, 2.05) is 32.9 Å². The maximum absolute atomic E-state index is 14.0. The van der Waals surface area contributed by atoms with Gasteiger partial charge in [-0.25, -0.2) is 17.6 Å². The molecule has 2 rings (SSSR count). The average Bonchev–Trinajstić information content (AvgIpc) is 3.10. The molecular weight excluding hydrogens is 336 g/mol. The Kier molecular flexibility index (Phi) is 5.40. The second-order valence-electron chi connectivity index (χ2n) is 6.66. The molecule has 0 bridgehead atoms. The summed E-state index contributed by atoms with van der Waals surface area (Å²) < 4.78 is 60.8. The highest BCUT2D eigenvalue weighted by Gasteiger charge is 2.61. The Labute approximate surface area is 144 Å². The van der Waals surface area contributed by atoms with Crippen LogP contribution in [-0.4, -0.2) is 5.97 Å². The van der Waals surface area contributed by atoms with E-state index in [9.17, 15) is 22.4 Å². The predicted molar refractivity (Wildman–Crippen MR) is 85.5 cm³/mol. The molecule has 1 saturated carbocycles. The molecule has 1 aliphatic rings. The first kappa shape index (κ1) is 19.2. The summed E-state index contributed by atoms with van der Waals surface area (Å²) >= 11 is 0. The molecule has 1 fully saturated rings. The summed E-state index contributed by atoms with van der Waals surface area (Å²) in [4.78, 5) is 12.1. The lowest BCUT2D eigenvalue weighted by atomic mass is 10.1. The number of allylic oxidation sites excluding steroid dienone is 3. The van der Waals surface area contributed by atoms with Gasteiger partial charge in [-0.3, -0.25) is 4.79 Å². The van der Waals surface area contributed by atoms with Crippen molar-refractivity contribution in [2.45, 2.75) is 33.8 Å². The quantitative estimate of drug-likeness (QED) is 0.315. The van der Waals surface area contributed by atoms with Gasteiger partial charge in [0.05, 0.1) is 11.5 Å². The van der Waals surface area contributed by atoms with Gasteiger partial charge in [0.25, 0.3) is 0 Å². The summed E-state index contributed by atoms with van der Waals surface area (Å²) in [7, 11) is 0. The van der Waals surface area contributed by atoms with E-state index in [-0.39, 0.29) is 17.8 Å². The number of rotatable bonds is 6. The first-order valence-corrected chi connectivity index (χ1v) is 7.92. The van der Waals surface area contributed by atoms with Crippen LogP contribution in [0.1, 0.15) is 31.9 Å². The summed E-state index contributed by atoms with van der Waals surface area (Å²) in [5.74, 6) is -7.24. The van der Waals surface area contributed by atoms with Crippen molar-refractivity contribution in [3.8, 4) is 0 Å². The van der Waals surface area contributed by atoms with Gasteiger partial charge in [-0.1, -0.05) is 32.1 Å². The molecule has 1 aromatic rings. The molecule has 0 aromatic heterocycles. The van der Waals surface area contributed by atoms with E-state index in [0.29, 0.717) is 0 Å². The number of ether oxygens (including phenoxy) is 1. The first-order valence-electron chi connectivity index (χ1n) is 7.92. The molecule has 0 spiro atoms. The van der Waals surface area contributed by atoms with E-state index in [4.69, 9.17) is 4.74 Å². The van der Waals surface area contributed by atoms with E-state index >= 15 is 0 Å². The summed E-state index contributed by atoms with van der Waals surface area (Å²) in [5.41, 5.74) is -2.00. The van der Waals surface area contributed by atoms with Gasteiger partial charge in [0, 0.05) is 5.56 Å². The van der Waals surface area contributed by atoms with Crippen molar-refractivity contribution in [2.24, 2.45) is 17.3 Å². The van der Waals surface area contributed by atoms with Crippen molar-refractivity contribution in [3.63, 3.8) is 0 Å². The van der Waals surface area contributed by atoms with E-state index in [2.05, 4.69) is 6.58 Å². The second kappa shape index (κ2) is 7.02. The van der Waals surface area contributed by atoms with Crippen LogP contribution in [0.3, 0.4) is 0 Å². The molecule has 136 valence electrons. The largest absolute Gasteiger partial charge is 0.460 e. The van der Waals surface area contributed by atoms with Gasteiger partial charge in [0.1, 0.15) is 6.61 Å². The maximum atomic E-state index is 14.0. The van der Waals surface area contributed by atoms with Crippen molar-refractivity contribution in [2.75, 3.05) is 0 Å². The lowest BCUT2D eigenvalue weighted by molar-refractivity contribution is -0.147. The number of halogens is 4. The fraction of sp³-hybridized carbons (Fsp3) is 0.421. The molecule has 1 aromatic carbocycles. The average molecular weight is 356 g/mol. The highest BCUT2D eigenvalue weighted by atomic mass is 19.2.